The van der Waals surface area contributed by atoms with Gasteiger partial charge in [0.2, 0.25) is 0 Å². The summed E-state index contributed by atoms with van der Waals surface area (Å²) in [5.41, 5.74) is 0. The Morgan fingerprint density at radius 3 is 2.33 bits per heavy atom. The molecule has 1 atom stereocenters. The average Bonchev–Trinajstić information content (AvgIpc) is 2.31. The van der Waals surface area contributed by atoms with Crippen molar-refractivity contribution < 1.29 is 4.74 Å². The van der Waals surface area contributed by atoms with E-state index in [1.165, 1.54) is 12.8 Å². The highest BCUT2D eigenvalue weighted by atomic mass is 79.9. The Hall–Kier alpha value is 0.420. The lowest BCUT2D eigenvalue weighted by atomic mass is 10.1. The summed E-state index contributed by atoms with van der Waals surface area (Å²) in [6, 6.07) is 4.56. The quantitative estimate of drug-likeness (QED) is 0.590. The fraction of sp³-hybridized carbons (Fsp3) is 0.538. The largest absolute Gasteiger partial charge is 0.491 e. The summed E-state index contributed by atoms with van der Waals surface area (Å²) >= 11 is 10.5. The minimum Gasteiger partial charge on any atom is -0.491 e. The van der Waals surface area contributed by atoms with Crippen LogP contribution < -0.4 is 10.1 Å². The van der Waals surface area contributed by atoms with E-state index in [0.717, 1.165) is 32.2 Å². The highest BCUT2D eigenvalue weighted by Crippen LogP contribution is 2.36. The molecular formula is C13H18Br3NO. The average molecular weight is 444 g/mol. The molecule has 0 aliphatic rings. The van der Waals surface area contributed by atoms with Crippen LogP contribution in [0.25, 0.3) is 0 Å². The van der Waals surface area contributed by atoms with Gasteiger partial charge in [-0.1, -0.05) is 15.9 Å². The SMILES string of the molecule is CNC(C)CCCCOc1c(Br)cc(Br)cc1Br. The zero-order chi connectivity index (χ0) is 13.5. The molecule has 0 radical (unpaired) electrons. The van der Waals surface area contributed by atoms with Crippen LogP contribution in [0, 0.1) is 0 Å². The van der Waals surface area contributed by atoms with Crippen LogP contribution in [0.15, 0.2) is 25.6 Å². The molecule has 0 aliphatic carbocycles. The molecule has 1 N–H and O–H groups in total. The number of nitrogens with one attached hydrogen (secondary N) is 1. The van der Waals surface area contributed by atoms with E-state index in [4.69, 9.17) is 4.74 Å². The van der Waals surface area contributed by atoms with Gasteiger partial charge in [-0.05, 0) is 77.2 Å². The first-order chi connectivity index (χ1) is 8.54. The predicted octanol–water partition coefficient (Wildman–Crippen LogP) is 5.13. The van der Waals surface area contributed by atoms with Crippen LogP contribution in [-0.2, 0) is 0 Å². The molecule has 0 saturated heterocycles. The molecule has 0 saturated carbocycles. The number of unbranched alkanes of at least 4 members (excludes halogenated alkanes) is 1. The number of benzene rings is 1. The van der Waals surface area contributed by atoms with Crippen molar-refractivity contribution in [2.45, 2.75) is 32.2 Å². The van der Waals surface area contributed by atoms with Crippen molar-refractivity contribution in [3.63, 3.8) is 0 Å². The molecule has 0 bridgehead atoms. The lowest BCUT2D eigenvalue weighted by Gasteiger charge is -2.12. The molecular weight excluding hydrogens is 426 g/mol. The van der Waals surface area contributed by atoms with E-state index in [0.29, 0.717) is 6.04 Å². The van der Waals surface area contributed by atoms with Gasteiger partial charge < -0.3 is 10.1 Å². The fourth-order valence-electron chi connectivity index (χ4n) is 1.54. The second-order valence-electron chi connectivity index (χ2n) is 4.23. The monoisotopic (exact) mass is 441 g/mol. The molecule has 0 spiro atoms. The highest BCUT2D eigenvalue weighted by Gasteiger charge is 2.08. The third-order valence-electron chi connectivity index (χ3n) is 2.73. The summed E-state index contributed by atoms with van der Waals surface area (Å²) in [6.07, 6.45) is 3.43. The first-order valence-corrected chi connectivity index (χ1v) is 8.37. The van der Waals surface area contributed by atoms with Gasteiger partial charge in [-0.3, -0.25) is 0 Å². The summed E-state index contributed by atoms with van der Waals surface area (Å²) in [7, 11) is 2.00. The molecule has 0 heterocycles. The maximum atomic E-state index is 5.80. The summed E-state index contributed by atoms with van der Waals surface area (Å²) in [6.45, 7) is 2.94. The number of hydrogen-bond donors (Lipinski definition) is 1. The normalized spacial score (nSPS) is 12.5. The molecule has 1 aromatic carbocycles. The summed E-state index contributed by atoms with van der Waals surface area (Å²) in [4.78, 5) is 0. The zero-order valence-corrected chi connectivity index (χ0v) is 15.4. The standard InChI is InChI=1S/C13H18Br3NO/c1-9(17-2)5-3-4-6-18-13-11(15)7-10(14)8-12(13)16/h7-9,17H,3-6H2,1-2H3. The van der Waals surface area contributed by atoms with E-state index in [2.05, 4.69) is 60.0 Å². The molecule has 1 unspecified atom stereocenters. The number of halogens is 3. The Kier molecular flexibility index (Phi) is 7.84. The van der Waals surface area contributed by atoms with E-state index in [9.17, 15) is 0 Å². The summed E-state index contributed by atoms with van der Waals surface area (Å²) < 4.78 is 8.76. The van der Waals surface area contributed by atoms with Gasteiger partial charge >= 0.3 is 0 Å². The van der Waals surface area contributed by atoms with Crippen molar-refractivity contribution in [1.82, 2.24) is 5.32 Å². The maximum Gasteiger partial charge on any atom is 0.147 e. The Morgan fingerprint density at radius 2 is 1.78 bits per heavy atom. The van der Waals surface area contributed by atoms with E-state index in [1.807, 2.05) is 19.2 Å². The van der Waals surface area contributed by atoms with Gasteiger partial charge in [0.25, 0.3) is 0 Å². The predicted molar refractivity (Wildman–Crippen MR) is 87.4 cm³/mol. The lowest BCUT2D eigenvalue weighted by Crippen LogP contribution is -2.20. The van der Waals surface area contributed by atoms with Gasteiger partial charge in [0.1, 0.15) is 5.75 Å². The molecule has 0 aliphatic heterocycles. The summed E-state index contributed by atoms with van der Waals surface area (Å²) in [5, 5.41) is 3.24. The smallest absolute Gasteiger partial charge is 0.147 e. The second-order valence-corrected chi connectivity index (χ2v) is 6.86. The van der Waals surface area contributed by atoms with Crippen LogP contribution in [0.3, 0.4) is 0 Å². The number of hydrogen-bond acceptors (Lipinski definition) is 2. The third-order valence-corrected chi connectivity index (χ3v) is 4.37. The Labute approximate surface area is 134 Å². The lowest BCUT2D eigenvalue weighted by molar-refractivity contribution is 0.299. The molecule has 2 nitrogen and oxygen atoms in total. The Bertz CT molecular complexity index is 361. The first-order valence-electron chi connectivity index (χ1n) is 5.99. The number of ether oxygens (including phenoxy) is 1. The highest BCUT2D eigenvalue weighted by molar-refractivity contribution is 9.11. The van der Waals surface area contributed by atoms with E-state index in [1.54, 1.807) is 0 Å². The van der Waals surface area contributed by atoms with Gasteiger partial charge in [0, 0.05) is 10.5 Å². The molecule has 0 aromatic heterocycles. The maximum absolute atomic E-state index is 5.80. The van der Waals surface area contributed by atoms with E-state index < -0.39 is 0 Å². The molecule has 102 valence electrons. The Balaban J connectivity index is 2.36. The van der Waals surface area contributed by atoms with Crippen LogP contribution in [-0.4, -0.2) is 19.7 Å². The van der Waals surface area contributed by atoms with Crippen LogP contribution in [0.2, 0.25) is 0 Å². The van der Waals surface area contributed by atoms with Gasteiger partial charge in [0.05, 0.1) is 15.6 Å². The zero-order valence-electron chi connectivity index (χ0n) is 10.6. The van der Waals surface area contributed by atoms with E-state index >= 15 is 0 Å². The molecule has 1 aromatic rings. The molecule has 1 rings (SSSR count). The fourth-order valence-corrected chi connectivity index (χ4v) is 4.03. The van der Waals surface area contributed by atoms with Crippen LogP contribution >= 0.6 is 47.8 Å². The van der Waals surface area contributed by atoms with Gasteiger partial charge in [-0.2, -0.15) is 0 Å². The second kappa shape index (κ2) is 8.56. The third kappa shape index (κ3) is 5.59. The Morgan fingerprint density at radius 1 is 1.17 bits per heavy atom. The van der Waals surface area contributed by atoms with E-state index in [-0.39, 0.29) is 0 Å². The van der Waals surface area contributed by atoms with Gasteiger partial charge in [-0.25, -0.2) is 0 Å². The molecule has 0 amide bonds. The van der Waals surface area contributed by atoms with Crippen molar-refractivity contribution >= 4 is 47.8 Å². The van der Waals surface area contributed by atoms with Crippen molar-refractivity contribution in [3.8, 4) is 5.75 Å². The first kappa shape index (κ1) is 16.5. The summed E-state index contributed by atoms with van der Waals surface area (Å²) in [5.74, 6) is 0.875. The minimum absolute atomic E-state index is 0.580. The molecule has 0 fully saturated rings. The van der Waals surface area contributed by atoms with Crippen molar-refractivity contribution in [3.05, 3.63) is 25.6 Å². The number of rotatable bonds is 7. The van der Waals surface area contributed by atoms with Gasteiger partial charge in [0.15, 0.2) is 0 Å². The van der Waals surface area contributed by atoms with Crippen molar-refractivity contribution in [2.75, 3.05) is 13.7 Å². The van der Waals surface area contributed by atoms with Crippen molar-refractivity contribution in [2.24, 2.45) is 0 Å². The molecule has 5 heteroatoms. The van der Waals surface area contributed by atoms with Gasteiger partial charge in [-0.15, -0.1) is 0 Å². The minimum atomic E-state index is 0.580. The van der Waals surface area contributed by atoms with Crippen molar-refractivity contribution in [1.29, 1.82) is 0 Å². The molecule has 18 heavy (non-hydrogen) atoms. The van der Waals surface area contributed by atoms with Crippen LogP contribution in [0.1, 0.15) is 26.2 Å². The topological polar surface area (TPSA) is 21.3 Å². The van der Waals surface area contributed by atoms with Crippen LogP contribution in [0.5, 0.6) is 5.75 Å². The van der Waals surface area contributed by atoms with Crippen LogP contribution in [0.4, 0.5) is 0 Å².